The van der Waals surface area contributed by atoms with Crippen molar-refractivity contribution in [3.8, 4) is 0 Å². The van der Waals surface area contributed by atoms with E-state index in [0.717, 1.165) is 0 Å². The Balaban J connectivity index is 2.74. The number of carboxylic acids is 1. The Kier molecular flexibility index (Phi) is 7.00. The smallest absolute Gasteiger partial charge is 0.451 e. The molecule has 4 unspecified atom stereocenters. The molecule has 1 rings (SSSR count). The summed E-state index contributed by atoms with van der Waals surface area (Å²) < 4.78 is 0. The molecular formula is C14H28BN3O5. The highest BCUT2D eigenvalue weighted by Crippen LogP contribution is 2.24. The van der Waals surface area contributed by atoms with Crippen molar-refractivity contribution in [2.24, 2.45) is 17.6 Å². The Hall–Kier alpha value is -1.16. The number of carboxylic acid groups (broad SMARTS) is 1. The van der Waals surface area contributed by atoms with Crippen molar-refractivity contribution in [2.75, 3.05) is 6.54 Å². The number of amides is 1. The summed E-state index contributed by atoms with van der Waals surface area (Å²) in [5.74, 6) is -1.67. The van der Waals surface area contributed by atoms with Crippen molar-refractivity contribution in [3.63, 3.8) is 0 Å². The van der Waals surface area contributed by atoms with Crippen LogP contribution in [-0.4, -0.2) is 58.3 Å². The van der Waals surface area contributed by atoms with E-state index in [0.29, 0.717) is 19.4 Å². The van der Waals surface area contributed by atoms with Gasteiger partial charge in [-0.2, -0.15) is 0 Å². The molecule has 0 bridgehead atoms. The summed E-state index contributed by atoms with van der Waals surface area (Å²) in [6.45, 7) is 5.71. The van der Waals surface area contributed by atoms with Gasteiger partial charge in [-0.25, -0.2) is 0 Å². The molecule has 0 radical (unpaired) electrons. The van der Waals surface area contributed by atoms with Crippen LogP contribution in [0.1, 0.15) is 33.6 Å². The van der Waals surface area contributed by atoms with E-state index in [9.17, 15) is 14.7 Å². The first-order valence-corrected chi connectivity index (χ1v) is 7.99. The molecule has 4 atom stereocenters. The summed E-state index contributed by atoms with van der Waals surface area (Å²) >= 11 is 0. The van der Waals surface area contributed by atoms with E-state index in [4.69, 9.17) is 15.8 Å². The van der Waals surface area contributed by atoms with Gasteiger partial charge in [0.05, 0.1) is 5.54 Å². The van der Waals surface area contributed by atoms with Crippen LogP contribution in [0.2, 0.25) is 6.32 Å². The van der Waals surface area contributed by atoms with Gasteiger partial charge < -0.3 is 31.5 Å². The third-order valence-electron chi connectivity index (χ3n) is 4.77. The van der Waals surface area contributed by atoms with E-state index in [1.807, 2.05) is 13.8 Å². The van der Waals surface area contributed by atoms with Crippen molar-refractivity contribution in [1.82, 2.24) is 10.6 Å². The molecule has 132 valence electrons. The Morgan fingerprint density at radius 2 is 2.04 bits per heavy atom. The lowest BCUT2D eigenvalue weighted by Crippen LogP contribution is -2.58. The van der Waals surface area contributed by atoms with Crippen LogP contribution >= 0.6 is 0 Å². The van der Waals surface area contributed by atoms with Gasteiger partial charge in [0.15, 0.2) is 0 Å². The van der Waals surface area contributed by atoms with Gasteiger partial charge in [-0.1, -0.05) is 20.3 Å². The zero-order chi connectivity index (χ0) is 17.8. The Morgan fingerprint density at radius 3 is 2.52 bits per heavy atom. The van der Waals surface area contributed by atoms with Crippen molar-refractivity contribution < 1.29 is 24.7 Å². The van der Waals surface area contributed by atoms with Gasteiger partial charge in [0, 0.05) is 18.5 Å². The van der Waals surface area contributed by atoms with E-state index in [-0.39, 0.29) is 30.1 Å². The third kappa shape index (κ3) is 5.17. The molecule has 0 aromatic rings. The van der Waals surface area contributed by atoms with E-state index in [1.165, 1.54) is 0 Å². The minimum atomic E-state index is -1.41. The minimum Gasteiger partial charge on any atom is -0.480 e. The van der Waals surface area contributed by atoms with Crippen molar-refractivity contribution >= 4 is 19.0 Å². The molecule has 0 aromatic carbocycles. The van der Waals surface area contributed by atoms with E-state index in [1.54, 1.807) is 6.92 Å². The molecule has 7 N–H and O–H groups in total. The van der Waals surface area contributed by atoms with Gasteiger partial charge in [-0.15, -0.1) is 0 Å². The quantitative estimate of drug-likeness (QED) is 0.306. The van der Waals surface area contributed by atoms with Crippen LogP contribution in [0.5, 0.6) is 0 Å². The first kappa shape index (κ1) is 19.9. The normalized spacial score (nSPS) is 26.8. The standard InChI is InChI=1S/C14H28BN3O5/c1-8(2)14(3,16)13(21)18-10-7-17-11(12(19)20)9(10)5-4-6-15(22)23/h8-11,17,22-23H,4-7,16H2,1-3H3,(H,18,21)(H,19,20). The van der Waals surface area contributed by atoms with E-state index >= 15 is 0 Å². The topological polar surface area (TPSA) is 145 Å². The summed E-state index contributed by atoms with van der Waals surface area (Å²) in [6.07, 6.45) is 1.10. The predicted molar refractivity (Wildman–Crippen MR) is 86.5 cm³/mol. The molecule has 0 aromatic heterocycles. The third-order valence-corrected chi connectivity index (χ3v) is 4.77. The average molecular weight is 329 g/mol. The highest BCUT2D eigenvalue weighted by atomic mass is 16.4. The lowest BCUT2D eigenvalue weighted by molar-refractivity contribution is -0.140. The monoisotopic (exact) mass is 329 g/mol. The van der Waals surface area contributed by atoms with Gasteiger partial charge in [0.2, 0.25) is 5.91 Å². The number of carbonyl (C=O) groups is 2. The summed E-state index contributed by atoms with van der Waals surface area (Å²) in [5.41, 5.74) is 5.01. The second-order valence-corrected chi connectivity index (χ2v) is 6.82. The van der Waals surface area contributed by atoms with Crippen molar-refractivity contribution in [1.29, 1.82) is 0 Å². The number of aliphatic carboxylic acids is 1. The van der Waals surface area contributed by atoms with Gasteiger partial charge in [-0.05, 0) is 25.6 Å². The van der Waals surface area contributed by atoms with Crippen molar-refractivity contribution in [3.05, 3.63) is 0 Å². The molecule has 23 heavy (non-hydrogen) atoms. The van der Waals surface area contributed by atoms with Crippen LogP contribution in [0.15, 0.2) is 0 Å². The first-order valence-electron chi connectivity index (χ1n) is 7.99. The zero-order valence-electron chi connectivity index (χ0n) is 14.0. The second-order valence-electron chi connectivity index (χ2n) is 6.82. The Morgan fingerprint density at radius 1 is 1.43 bits per heavy atom. The number of hydrogen-bond donors (Lipinski definition) is 6. The molecule has 1 heterocycles. The summed E-state index contributed by atoms with van der Waals surface area (Å²) in [4.78, 5) is 23.7. The maximum absolute atomic E-state index is 12.4. The van der Waals surface area contributed by atoms with Gasteiger partial charge in [0.1, 0.15) is 6.04 Å². The lowest BCUT2D eigenvalue weighted by atomic mass is 9.80. The van der Waals surface area contributed by atoms with E-state index in [2.05, 4.69) is 10.6 Å². The fourth-order valence-electron chi connectivity index (χ4n) is 2.71. The lowest BCUT2D eigenvalue weighted by Gasteiger charge is -2.31. The number of nitrogens with one attached hydrogen (secondary N) is 2. The molecule has 1 saturated heterocycles. The van der Waals surface area contributed by atoms with Crippen molar-refractivity contribution in [2.45, 2.75) is 57.6 Å². The van der Waals surface area contributed by atoms with E-state index < -0.39 is 24.7 Å². The van der Waals surface area contributed by atoms with Gasteiger partial charge >= 0.3 is 13.1 Å². The van der Waals surface area contributed by atoms with Crippen LogP contribution in [-0.2, 0) is 9.59 Å². The maximum Gasteiger partial charge on any atom is 0.451 e. The number of carbonyl (C=O) groups excluding carboxylic acids is 1. The fraction of sp³-hybridized carbons (Fsp3) is 0.857. The molecule has 1 aliphatic rings. The molecule has 1 fully saturated rings. The average Bonchev–Trinajstić information content (AvgIpc) is 2.81. The van der Waals surface area contributed by atoms with Gasteiger partial charge in [-0.3, -0.25) is 9.59 Å². The van der Waals surface area contributed by atoms with Crippen LogP contribution < -0.4 is 16.4 Å². The van der Waals surface area contributed by atoms with Gasteiger partial charge in [0.25, 0.3) is 0 Å². The summed E-state index contributed by atoms with van der Waals surface area (Å²) in [7, 11) is -1.41. The van der Waals surface area contributed by atoms with Crippen LogP contribution in [0.4, 0.5) is 0 Å². The summed E-state index contributed by atoms with van der Waals surface area (Å²) in [6, 6.07) is -1.11. The first-order chi connectivity index (χ1) is 10.6. The molecule has 9 heteroatoms. The molecular weight excluding hydrogens is 301 g/mol. The maximum atomic E-state index is 12.4. The van der Waals surface area contributed by atoms with Crippen LogP contribution in [0.25, 0.3) is 0 Å². The Bertz CT molecular complexity index is 431. The molecule has 1 amide bonds. The fourth-order valence-corrected chi connectivity index (χ4v) is 2.71. The zero-order valence-corrected chi connectivity index (χ0v) is 14.0. The SMILES string of the molecule is CC(C)C(C)(N)C(=O)NC1CNC(C(=O)O)C1CCCB(O)O. The summed E-state index contributed by atoms with van der Waals surface area (Å²) in [5, 5.41) is 32.9. The number of rotatable bonds is 8. The largest absolute Gasteiger partial charge is 0.480 e. The number of hydrogen-bond acceptors (Lipinski definition) is 6. The molecule has 0 saturated carbocycles. The second kappa shape index (κ2) is 8.10. The molecule has 8 nitrogen and oxygen atoms in total. The van der Waals surface area contributed by atoms with Crippen LogP contribution in [0.3, 0.4) is 0 Å². The Labute approximate surface area is 137 Å². The number of nitrogens with two attached hydrogens (primary N) is 1. The van der Waals surface area contributed by atoms with Crippen LogP contribution in [0, 0.1) is 11.8 Å². The minimum absolute atomic E-state index is 0.0601. The predicted octanol–water partition coefficient (Wildman–Crippen LogP) is -1.23. The highest BCUT2D eigenvalue weighted by Gasteiger charge is 2.42. The molecule has 0 aliphatic carbocycles. The highest BCUT2D eigenvalue weighted by molar-refractivity contribution is 6.40. The molecule has 0 spiro atoms. The molecule has 1 aliphatic heterocycles.